The van der Waals surface area contributed by atoms with Gasteiger partial charge in [0, 0.05) is 18.0 Å². The molecule has 1 heterocycles. The summed E-state index contributed by atoms with van der Waals surface area (Å²) in [7, 11) is 0. The Bertz CT molecular complexity index is 2050. The Morgan fingerprint density at radius 1 is 0.571 bits per heavy atom. The lowest BCUT2D eigenvalue weighted by Gasteiger charge is -2.64. The molecule has 0 N–H and O–H groups in total. The minimum absolute atomic E-state index is 0.130. The molecule has 1 nitrogen and oxygen atoms in total. The van der Waals surface area contributed by atoms with Crippen molar-refractivity contribution in [2.75, 3.05) is 11.4 Å². The fourth-order valence-electron chi connectivity index (χ4n) is 27.6. The first kappa shape index (κ1) is 30.6. The average Bonchev–Trinajstić information content (AvgIpc) is 4.04. The topological polar surface area (TPSA) is 3.24 Å². The Labute approximate surface area is 333 Å². The molecule has 18 rings (SSSR count). The van der Waals surface area contributed by atoms with E-state index in [1.54, 1.807) is 50.3 Å². The van der Waals surface area contributed by atoms with E-state index in [1.165, 1.54) is 38.5 Å². The summed E-state index contributed by atoms with van der Waals surface area (Å²) in [6, 6.07) is 5.08. The van der Waals surface area contributed by atoms with Gasteiger partial charge in [0.15, 0.2) is 0 Å². The van der Waals surface area contributed by atoms with Gasteiger partial charge in [-0.1, -0.05) is 50.3 Å². The van der Waals surface area contributed by atoms with E-state index in [4.69, 9.17) is 0 Å². The highest BCUT2D eigenvalue weighted by Crippen LogP contribution is 2.93. The van der Waals surface area contributed by atoms with Crippen LogP contribution in [0.15, 0.2) is 29.8 Å². The first-order valence-corrected chi connectivity index (χ1v) is 25.5. The molecule has 31 unspecified atom stereocenters. The molecule has 17 aliphatic rings. The third kappa shape index (κ3) is 2.75. The van der Waals surface area contributed by atoms with Gasteiger partial charge in [-0.05, 0) is 235 Å². The van der Waals surface area contributed by atoms with E-state index in [-0.39, 0.29) is 23.1 Å². The van der Waals surface area contributed by atoms with Crippen molar-refractivity contribution in [3.8, 4) is 0 Å². The molecule has 56 heavy (non-hydrogen) atoms. The number of allylic oxidation sites excluding steroid dienone is 1. The van der Waals surface area contributed by atoms with Gasteiger partial charge in [0.05, 0.1) is 0 Å². The molecule has 0 aromatic heterocycles. The molecule has 1 aliphatic heterocycles. The van der Waals surface area contributed by atoms with Crippen molar-refractivity contribution in [2.24, 2.45) is 177 Å². The van der Waals surface area contributed by atoms with Crippen LogP contribution in [0, 0.1) is 189 Å². The smallest absolute Gasteiger partial charge is 0.149 e. The second-order valence-electron chi connectivity index (χ2n) is 25.8. The number of nitrogens with zero attached hydrogens (tertiary/aromatic N) is 1. The largest absolute Gasteiger partial charge is 0.363 e. The van der Waals surface area contributed by atoms with Crippen molar-refractivity contribution in [3.05, 3.63) is 41.5 Å². The normalized spacial score (nSPS) is 68.9. The quantitative estimate of drug-likeness (QED) is 0.207. The summed E-state index contributed by atoms with van der Waals surface area (Å²) >= 11 is 0. The average molecular weight is 752 g/mol. The number of hydrogen-bond acceptors (Lipinski definition) is 1. The van der Waals surface area contributed by atoms with Gasteiger partial charge in [0.2, 0.25) is 0 Å². The third-order valence-corrected chi connectivity index (χ3v) is 26.2. The lowest BCUT2D eigenvalue weighted by atomic mass is 9.39. The summed E-state index contributed by atoms with van der Waals surface area (Å²) in [5, 5.41) is 0. The second-order valence-corrected chi connectivity index (χ2v) is 25.8. The molecule has 0 bridgehead atoms. The summed E-state index contributed by atoms with van der Waals surface area (Å²) in [5.74, 6) is 29.0. The first-order valence-electron chi connectivity index (χ1n) is 25.5. The van der Waals surface area contributed by atoms with Gasteiger partial charge in [0.25, 0.3) is 0 Å². The number of benzene rings is 1. The molecular weight excluding hydrogens is 689 g/mol. The molecule has 1 aromatic rings. The summed E-state index contributed by atoms with van der Waals surface area (Å²) in [6.07, 6.45) is 20.4. The van der Waals surface area contributed by atoms with Gasteiger partial charge in [-0.3, -0.25) is 0 Å². The Morgan fingerprint density at radius 3 is 1.73 bits per heavy atom. The summed E-state index contributed by atoms with van der Waals surface area (Å²) in [4.78, 5) is 2.49. The zero-order valence-electron chi connectivity index (χ0n) is 33.5. The number of rotatable bonds is 6. The monoisotopic (exact) mass is 751 g/mol. The van der Waals surface area contributed by atoms with E-state index >= 15 is 8.78 Å². The predicted molar refractivity (Wildman–Crippen MR) is 210 cm³/mol. The SMILES string of the molecule is CCCCCCC1N(c2c(F)cccc2F)CC2C3CC4CC5CC6CC7CC8CC9CC%10=CC21C1C%10C2C9C9C8C7C7C6C6C5C4C4C3C1C1C2C9C7C6C41. The first-order chi connectivity index (χ1) is 27.6. The van der Waals surface area contributed by atoms with E-state index in [1.807, 2.05) is 5.57 Å². The lowest BCUT2D eigenvalue weighted by Crippen LogP contribution is -2.62. The number of anilines is 1. The molecule has 1 spiro atoms. The Balaban J connectivity index is 0.922. The maximum atomic E-state index is 16.4. The molecule has 15 saturated carbocycles. The zero-order valence-corrected chi connectivity index (χ0v) is 33.5. The maximum Gasteiger partial charge on any atom is 0.149 e. The molecule has 3 heteroatoms. The van der Waals surface area contributed by atoms with E-state index in [9.17, 15) is 0 Å². The van der Waals surface area contributed by atoms with Crippen molar-refractivity contribution in [3.63, 3.8) is 0 Å². The van der Waals surface area contributed by atoms with Crippen LogP contribution in [0.3, 0.4) is 0 Å². The van der Waals surface area contributed by atoms with E-state index in [0.29, 0.717) is 11.6 Å². The van der Waals surface area contributed by atoms with Gasteiger partial charge < -0.3 is 4.90 Å². The molecule has 0 radical (unpaired) electrons. The number of hydrogen-bond donors (Lipinski definition) is 0. The highest BCUT2D eigenvalue weighted by atomic mass is 19.1. The highest BCUT2D eigenvalue weighted by molar-refractivity contribution is 5.56. The van der Waals surface area contributed by atoms with Crippen molar-refractivity contribution in [1.82, 2.24) is 0 Å². The van der Waals surface area contributed by atoms with Crippen molar-refractivity contribution in [2.45, 2.75) is 90.0 Å². The Kier molecular flexibility index (Phi) is 5.06. The predicted octanol–water partition coefficient (Wildman–Crippen LogP) is 10.9. The molecule has 1 saturated heterocycles. The highest BCUT2D eigenvalue weighted by Gasteiger charge is 2.89. The van der Waals surface area contributed by atoms with Gasteiger partial charge in [0.1, 0.15) is 17.3 Å². The van der Waals surface area contributed by atoms with Crippen LogP contribution in [0.5, 0.6) is 0 Å². The van der Waals surface area contributed by atoms with Crippen LogP contribution in [0.2, 0.25) is 0 Å². The van der Waals surface area contributed by atoms with Crippen LogP contribution in [-0.4, -0.2) is 12.6 Å². The lowest BCUT2D eigenvalue weighted by molar-refractivity contribution is -0.161. The van der Waals surface area contributed by atoms with Crippen molar-refractivity contribution < 1.29 is 8.78 Å². The van der Waals surface area contributed by atoms with Gasteiger partial charge in [-0.25, -0.2) is 8.78 Å². The van der Waals surface area contributed by atoms with E-state index in [2.05, 4.69) is 17.9 Å². The van der Waals surface area contributed by atoms with Crippen LogP contribution in [-0.2, 0) is 0 Å². The fraction of sp³-hybridized carbons (Fsp3) is 0.849. The number of halogens is 2. The summed E-state index contributed by atoms with van der Waals surface area (Å²) < 4.78 is 32.8. The molecule has 1 aromatic carbocycles. The number of fused-ring (bicyclic) bond motifs is 1. The number of unbranched alkanes of at least 4 members (excludes halogenated alkanes) is 3. The minimum atomic E-state index is -0.290. The standard InChI is InChI=1S/C53H63F2N/c1-2-3-4-5-9-30-53-17-25-15-23-13-20-10-19-11-22-12-21-14-24-16-26(27(53)18-56(30)52-28(54)7-6-8-29(52)55)38-43-34(24)33(21)40-35(22)39-31(19)32(20)41-36(23)42-37(25)51(53)50(38)49-47(42)45(41)44(39)46(40)48(43)49/h6-8,17,19-24,26-27,30-51H,2-5,9-16,18H2,1H3. The second kappa shape index (κ2) is 9.26. The van der Waals surface area contributed by atoms with Crippen LogP contribution in [0.1, 0.15) is 84.0 Å². The van der Waals surface area contributed by atoms with Crippen LogP contribution >= 0.6 is 0 Å². The van der Waals surface area contributed by atoms with Gasteiger partial charge >= 0.3 is 0 Å². The third-order valence-electron chi connectivity index (χ3n) is 26.2. The number of para-hydroxylation sites is 1. The molecule has 0 amide bonds. The fourth-order valence-corrected chi connectivity index (χ4v) is 27.6. The van der Waals surface area contributed by atoms with Crippen LogP contribution in [0.25, 0.3) is 0 Å². The minimum Gasteiger partial charge on any atom is -0.363 e. The van der Waals surface area contributed by atoms with Crippen molar-refractivity contribution >= 4 is 5.69 Å². The summed E-state index contributed by atoms with van der Waals surface area (Å²) in [6.45, 7) is 3.28. The van der Waals surface area contributed by atoms with Gasteiger partial charge in [-0.15, -0.1) is 0 Å². The van der Waals surface area contributed by atoms with E-state index < -0.39 is 0 Å². The maximum absolute atomic E-state index is 16.4. The Hall–Kier alpha value is -1.38. The van der Waals surface area contributed by atoms with Crippen LogP contribution in [0.4, 0.5) is 14.5 Å². The molecule has 31 atom stereocenters. The van der Waals surface area contributed by atoms with Gasteiger partial charge in [-0.2, -0.15) is 0 Å². The Morgan fingerprint density at radius 2 is 1.09 bits per heavy atom. The zero-order chi connectivity index (χ0) is 35.7. The molecule has 16 aliphatic carbocycles. The molecule has 294 valence electrons. The van der Waals surface area contributed by atoms with Crippen LogP contribution < -0.4 is 4.90 Å². The molecule has 16 fully saturated rings. The summed E-state index contributed by atoms with van der Waals surface area (Å²) in [5.41, 5.74) is 2.47. The molecular formula is C53H63F2N. The van der Waals surface area contributed by atoms with E-state index in [0.717, 1.165) is 179 Å². The van der Waals surface area contributed by atoms with Crippen molar-refractivity contribution in [1.29, 1.82) is 0 Å².